The van der Waals surface area contributed by atoms with E-state index in [1.165, 1.54) is 12.7 Å². The van der Waals surface area contributed by atoms with Gasteiger partial charge in [0, 0.05) is 48.5 Å². The van der Waals surface area contributed by atoms with Crippen LogP contribution in [0.25, 0.3) is 11.0 Å². The minimum Gasteiger partial charge on any atom is -0.465 e. The second-order valence-corrected chi connectivity index (χ2v) is 9.12. The van der Waals surface area contributed by atoms with Crippen LogP contribution in [0.15, 0.2) is 73.1 Å². The quantitative estimate of drug-likeness (QED) is 0.294. The molecule has 7 heteroatoms. The summed E-state index contributed by atoms with van der Waals surface area (Å²) in [5.74, 6) is 0.0272. The van der Waals surface area contributed by atoms with Crippen LogP contribution in [0.3, 0.4) is 0 Å². The molecule has 1 amide bonds. The predicted molar refractivity (Wildman–Crippen MR) is 136 cm³/mol. The van der Waals surface area contributed by atoms with Crippen LogP contribution in [0.1, 0.15) is 61.0 Å². The van der Waals surface area contributed by atoms with Crippen LogP contribution in [0.2, 0.25) is 0 Å². The van der Waals surface area contributed by atoms with E-state index in [0.29, 0.717) is 42.2 Å². The lowest BCUT2D eigenvalue weighted by atomic mass is 9.90. The van der Waals surface area contributed by atoms with Crippen LogP contribution in [-0.2, 0) is 11.3 Å². The fourth-order valence-electron chi connectivity index (χ4n) is 4.81. The number of rotatable bonds is 6. The molecule has 182 valence electrons. The number of nitrogens with zero attached hydrogens (tertiary/aromatic N) is 3. The molecule has 0 N–H and O–H groups in total. The molecule has 3 heterocycles. The van der Waals surface area contributed by atoms with E-state index in [4.69, 9.17) is 9.72 Å². The van der Waals surface area contributed by atoms with E-state index in [2.05, 4.69) is 16.7 Å². The number of aldehydes is 1. The van der Waals surface area contributed by atoms with E-state index in [1.807, 2.05) is 29.4 Å². The third kappa shape index (κ3) is 4.77. The summed E-state index contributed by atoms with van der Waals surface area (Å²) in [4.78, 5) is 42.0. The second kappa shape index (κ2) is 10.2. The summed E-state index contributed by atoms with van der Waals surface area (Å²) in [5.41, 5.74) is 4.91. The lowest BCUT2D eigenvalue weighted by molar-refractivity contribution is 0.0600. The van der Waals surface area contributed by atoms with Crippen molar-refractivity contribution in [2.24, 2.45) is 0 Å². The van der Waals surface area contributed by atoms with Crippen molar-refractivity contribution in [3.63, 3.8) is 0 Å². The highest BCUT2D eigenvalue weighted by Gasteiger charge is 2.25. The number of amides is 1. The number of ether oxygens (including phenoxy) is 1. The summed E-state index contributed by atoms with van der Waals surface area (Å²) in [7, 11) is 1.38. The van der Waals surface area contributed by atoms with Gasteiger partial charge in [0.1, 0.15) is 11.9 Å². The number of benzene rings is 2. The minimum absolute atomic E-state index is 0.0103. The minimum atomic E-state index is -0.342. The van der Waals surface area contributed by atoms with Crippen LogP contribution < -0.4 is 0 Å². The first kappa shape index (κ1) is 23.5. The van der Waals surface area contributed by atoms with Gasteiger partial charge in [-0.3, -0.25) is 9.59 Å². The molecular formula is C29H27N3O4. The van der Waals surface area contributed by atoms with Crippen molar-refractivity contribution in [1.82, 2.24) is 14.5 Å². The van der Waals surface area contributed by atoms with Crippen LogP contribution in [0.5, 0.6) is 0 Å². The zero-order valence-corrected chi connectivity index (χ0v) is 20.1. The molecule has 36 heavy (non-hydrogen) atoms. The fourth-order valence-corrected chi connectivity index (χ4v) is 4.81. The molecule has 2 aromatic heterocycles. The third-order valence-corrected chi connectivity index (χ3v) is 6.90. The van der Waals surface area contributed by atoms with Crippen molar-refractivity contribution in [2.75, 3.05) is 20.2 Å². The first-order chi connectivity index (χ1) is 17.6. The molecule has 1 aliphatic rings. The smallest absolute Gasteiger partial charge is 0.337 e. The SMILES string of the molecule is COC(=O)c1ccc(Cn2ccc3cc(C4CCN(C(=O)c5ccc(C=O)cc5)CC4)cnc32)cc1. The Hall–Kier alpha value is -4.26. The predicted octanol–water partition coefficient (Wildman–Crippen LogP) is 4.70. The first-order valence-electron chi connectivity index (χ1n) is 12.0. The van der Waals surface area contributed by atoms with Gasteiger partial charge in [-0.25, -0.2) is 9.78 Å². The summed E-state index contributed by atoms with van der Waals surface area (Å²) in [6.45, 7) is 2.05. The summed E-state index contributed by atoms with van der Waals surface area (Å²) in [6, 6.07) is 18.5. The molecule has 0 spiro atoms. The Bertz CT molecular complexity index is 1400. The molecule has 1 aliphatic heterocycles. The standard InChI is InChI=1S/C29H27N3O4/c1-36-29(35)24-8-2-20(3-9-24)18-32-15-12-25-16-26(17-30-27(25)32)22-10-13-31(14-11-22)28(34)23-6-4-21(19-33)5-7-23/h2-9,12,15-17,19,22H,10-11,13-14,18H2,1H3. The molecule has 0 aliphatic carbocycles. The zero-order valence-electron chi connectivity index (χ0n) is 20.1. The number of hydrogen-bond acceptors (Lipinski definition) is 5. The molecule has 0 atom stereocenters. The maximum absolute atomic E-state index is 12.8. The van der Waals surface area contributed by atoms with Crippen molar-refractivity contribution in [3.8, 4) is 0 Å². The molecule has 0 saturated carbocycles. The van der Waals surface area contributed by atoms with Gasteiger partial charge >= 0.3 is 5.97 Å². The molecule has 5 rings (SSSR count). The largest absolute Gasteiger partial charge is 0.465 e. The first-order valence-corrected chi connectivity index (χ1v) is 12.0. The Morgan fingerprint density at radius 3 is 2.36 bits per heavy atom. The number of fused-ring (bicyclic) bond motifs is 1. The van der Waals surface area contributed by atoms with Crippen molar-refractivity contribution < 1.29 is 19.1 Å². The van der Waals surface area contributed by atoms with Gasteiger partial charge in [-0.2, -0.15) is 0 Å². The second-order valence-electron chi connectivity index (χ2n) is 9.12. The van der Waals surface area contributed by atoms with Crippen LogP contribution in [0.4, 0.5) is 0 Å². The van der Waals surface area contributed by atoms with Crippen LogP contribution in [-0.4, -0.2) is 52.8 Å². The maximum Gasteiger partial charge on any atom is 0.337 e. The molecule has 1 fully saturated rings. The fraction of sp³-hybridized carbons (Fsp3) is 0.241. The van der Waals surface area contributed by atoms with E-state index in [1.54, 1.807) is 36.4 Å². The van der Waals surface area contributed by atoms with Gasteiger partial charge in [0.05, 0.1) is 12.7 Å². The van der Waals surface area contributed by atoms with Crippen LogP contribution >= 0.6 is 0 Å². The van der Waals surface area contributed by atoms with Gasteiger partial charge in [0.25, 0.3) is 5.91 Å². The van der Waals surface area contributed by atoms with Gasteiger partial charge in [-0.1, -0.05) is 24.3 Å². The normalized spacial score (nSPS) is 14.1. The number of carbonyl (C=O) groups is 3. The average Bonchev–Trinajstić information content (AvgIpc) is 3.34. The number of piperidine rings is 1. The Labute approximate surface area is 209 Å². The van der Waals surface area contributed by atoms with E-state index >= 15 is 0 Å². The number of likely N-dealkylation sites (tertiary alicyclic amines) is 1. The lowest BCUT2D eigenvalue weighted by Gasteiger charge is -2.32. The molecule has 2 aromatic carbocycles. The third-order valence-electron chi connectivity index (χ3n) is 6.90. The van der Waals surface area contributed by atoms with Crippen molar-refractivity contribution >= 4 is 29.2 Å². The van der Waals surface area contributed by atoms with Gasteiger partial charge in [0.2, 0.25) is 0 Å². The highest BCUT2D eigenvalue weighted by Crippen LogP contribution is 2.30. The van der Waals surface area contributed by atoms with E-state index in [9.17, 15) is 14.4 Å². The Kier molecular flexibility index (Phi) is 6.62. The number of aromatic nitrogens is 2. The molecule has 0 radical (unpaired) electrons. The maximum atomic E-state index is 12.8. The summed E-state index contributed by atoms with van der Waals surface area (Å²) in [5, 5.41) is 1.09. The number of methoxy groups -OCH3 is 1. The highest BCUT2D eigenvalue weighted by atomic mass is 16.5. The summed E-state index contributed by atoms with van der Waals surface area (Å²) < 4.78 is 6.86. The monoisotopic (exact) mass is 481 g/mol. The number of pyridine rings is 1. The Morgan fingerprint density at radius 2 is 1.69 bits per heavy atom. The average molecular weight is 482 g/mol. The Morgan fingerprint density at radius 1 is 1.00 bits per heavy atom. The molecular weight excluding hydrogens is 454 g/mol. The van der Waals surface area contributed by atoms with E-state index < -0.39 is 0 Å². The van der Waals surface area contributed by atoms with E-state index in [-0.39, 0.29) is 11.9 Å². The molecule has 0 unspecified atom stereocenters. The molecule has 4 aromatic rings. The highest BCUT2D eigenvalue weighted by molar-refractivity contribution is 5.95. The van der Waals surface area contributed by atoms with Gasteiger partial charge in [-0.05, 0) is 66.3 Å². The zero-order chi connectivity index (χ0) is 25.1. The summed E-state index contributed by atoms with van der Waals surface area (Å²) >= 11 is 0. The number of carbonyl (C=O) groups excluding carboxylic acids is 3. The molecule has 0 bridgehead atoms. The molecule has 1 saturated heterocycles. The van der Waals surface area contributed by atoms with Gasteiger partial charge in [-0.15, -0.1) is 0 Å². The van der Waals surface area contributed by atoms with E-state index in [0.717, 1.165) is 35.7 Å². The van der Waals surface area contributed by atoms with Crippen molar-refractivity contribution in [2.45, 2.75) is 25.3 Å². The number of esters is 1. The topological polar surface area (TPSA) is 81.5 Å². The van der Waals surface area contributed by atoms with Crippen LogP contribution in [0, 0.1) is 0 Å². The summed E-state index contributed by atoms with van der Waals surface area (Å²) in [6.07, 6.45) is 6.55. The van der Waals surface area contributed by atoms with Crippen molar-refractivity contribution in [1.29, 1.82) is 0 Å². The van der Waals surface area contributed by atoms with Crippen molar-refractivity contribution in [3.05, 3.63) is 101 Å². The molecule has 7 nitrogen and oxygen atoms in total. The van der Waals surface area contributed by atoms with Gasteiger partial charge in [0.15, 0.2) is 0 Å². The lowest BCUT2D eigenvalue weighted by Crippen LogP contribution is -2.37. The van der Waals surface area contributed by atoms with Gasteiger partial charge < -0.3 is 14.2 Å². The number of hydrogen-bond donors (Lipinski definition) is 0. The Balaban J connectivity index is 1.23.